The van der Waals surface area contributed by atoms with Gasteiger partial charge in [-0.05, 0) is 0 Å². The molecule has 0 nitrogen and oxygen atoms in total. The largest absolute Gasteiger partial charge is 3.00 e. The van der Waals surface area contributed by atoms with Crippen molar-refractivity contribution in [2.45, 2.75) is 33.6 Å². The van der Waals surface area contributed by atoms with E-state index < -0.39 is 0 Å². The molecule has 1 aromatic rings. The predicted octanol–water partition coefficient (Wildman–Crippen LogP) is -3.16. The van der Waals surface area contributed by atoms with E-state index in [1.54, 1.807) is 0 Å². The minimum absolute atomic E-state index is 0. The first-order chi connectivity index (χ1) is 4.77. The van der Waals surface area contributed by atoms with E-state index in [0.29, 0.717) is 0 Å². The van der Waals surface area contributed by atoms with Crippen LogP contribution in [0.15, 0.2) is 12.1 Å². The van der Waals surface area contributed by atoms with E-state index in [-0.39, 0.29) is 51.0 Å². The predicted molar refractivity (Wildman–Crippen MR) is 45.5 cm³/mol. The summed E-state index contributed by atoms with van der Waals surface area (Å²) in [7, 11) is 0. The zero-order valence-corrected chi connectivity index (χ0v) is 12.3. The summed E-state index contributed by atoms with van der Waals surface area (Å²) in [6.45, 7) is 6.60. The number of rotatable bonds is 2. The summed E-state index contributed by atoms with van der Waals surface area (Å²) < 4.78 is 0. The Morgan fingerprint density at radius 1 is 1.23 bits per heavy atom. The van der Waals surface area contributed by atoms with Crippen molar-refractivity contribution in [2.75, 3.05) is 0 Å². The number of hydrogen-bond acceptors (Lipinski definition) is 0. The molecule has 0 aliphatic rings. The van der Waals surface area contributed by atoms with Crippen molar-refractivity contribution in [3.05, 3.63) is 28.8 Å². The molecule has 13 heavy (non-hydrogen) atoms. The first-order valence-corrected chi connectivity index (χ1v) is 4.03. The summed E-state index contributed by atoms with van der Waals surface area (Å²) in [5.41, 5.74) is 4.47. The molecule has 0 aromatic heterocycles. The van der Waals surface area contributed by atoms with Crippen LogP contribution in [0.4, 0.5) is 0 Å². The van der Waals surface area contributed by atoms with Gasteiger partial charge in [0.2, 0.25) is 0 Å². The molecular weight excluding hydrogens is 282 g/mol. The molecule has 0 unspecified atom stereocenters. The van der Waals surface area contributed by atoms with Crippen molar-refractivity contribution >= 4 is 0 Å². The van der Waals surface area contributed by atoms with Crippen LogP contribution < -0.4 is 24.8 Å². The van der Waals surface area contributed by atoms with E-state index in [2.05, 4.69) is 32.9 Å². The van der Waals surface area contributed by atoms with Crippen molar-refractivity contribution < 1.29 is 51.0 Å². The summed E-state index contributed by atoms with van der Waals surface area (Å²) in [6, 6.07) is 4.58. The second-order valence-corrected chi connectivity index (χ2v) is 2.79. The Labute approximate surface area is 113 Å². The van der Waals surface area contributed by atoms with Gasteiger partial charge in [-0.15, -0.1) is 0 Å². The normalized spacial score (nSPS) is 7.92. The maximum atomic E-state index is 2.29. The minimum atomic E-state index is 0. The van der Waals surface area contributed by atoms with Gasteiger partial charge in [0.25, 0.3) is 0 Å². The average Bonchev–Trinajstić information content (AvgIpc) is 2.30. The molecule has 0 atom stereocenters. The van der Waals surface area contributed by atoms with Crippen LogP contribution in [0.25, 0.3) is 0 Å². The minimum Gasteiger partial charge on any atom is -1.00 e. The van der Waals surface area contributed by atoms with E-state index in [0.717, 1.165) is 0 Å². The number of hydrogen-bond donors (Lipinski definition) is 0. The summed E-state index contributed by atoms with van der Waals surface area (Å²) >= 11 is 0. The number of aryl methyl sites for hydroxylation is 3. The molecule has 0 bridgehead atoms. The third kappa shape index (κ3) is 5.30. The van der Waals surface area contributed by atoms with Crippen molar-refractivity contribution in [3.63, 3.8) is 0 Å². The van der Waals surface area contributed by atoms with E-state index in [4.69, 9.17) is 0 Å². The van der Waals surface area contributed by atoms with Gasteiger partial charge in [-0.3, -0.25) is 0 Å². The van der Waals surface area contributed by atoms with Gasteiger partial charge < -0.3 is 24.8 Å². The molecule has 1 radical (unpaired) electrons. The van der Waals surface area contributed by atoms with Gasteiger partial charge in [-0.25, -0.2) is 11.6 Å². The van der Waals surface area contributed by atoms with E-state index in [1.807, 2.05) is 0 Å². The van der Waals surface area contributed by atoms with Crippen LogP contribution in [0.5, 0.6) is 0 Å². The van der Waals surface area contributed by atoms with Crippen LogP contribution in [-0.4, -0.2) is 0 Å². The molecule has 0 fully saturated rings. The Morgan fingerprint density at radius 2 is 1.77 bits per heavy atom. The SMILES string of the molecule is CCc1cc(C)c[c-]1CC.[Cl-].[Cl-].[Zr+3]. The molecule has 0 amide bonds. The van der Waals surface area contributed by atoms with Crippen molar-refractivity contribution in [3.8, 4) is 0 Å². The summed E-state index contributed by atoms with van der Waals surface area (Å²) in [5, 5.41) is 0. The smallest absolute Gasteiger partial charge is 1.00 e. The molecule has 0 aliphatic carbocycles. The van der Waals surface area contributed by atoms with Crippen LogP contribution in [0, 0.1) is 6.92 Å². The summed E-state index contributed by atoms with van der Waals surface area (Å²) in [6.07, 6.45) is 2.36. The Bertz CT molecular complexity index is 197. The molecule has 1 aromatic carbocycles. The quantitative estimate of drug-likeness (QED) is 0.506. The fraction of sp³-hybridized carbons (Fsp3) is 0.500. The maximum absolute atomic E-state index is 2.29. The van der Waals surface area contributed by atoms with Crippen LogP contribution in [0.1, 0.15) is 30.5 Å². The second-order valence-electron chi connectivity index (χ2n) is 2.79. The molecule has 0 saturated heterocycles. The molecule has 0 N–H and O–H groups in total. The summed E-state index contributed by atoms with van der Waals surface area (Å²) in [4.78, 5) is 0. The van der Waals surface area contributed by atoms with E-state index in [1.165, 1.54) is 29.5 Å². The van der Waals surface area contributed by atoms with Crippen molar-refractivity contribution in [1.29, 1.82) is 0 Å². The topological polar surface area (TPSA) is 0 Å². The number of halogens is 2. The second kappa shape index (κ2) is 9.37. The first-order valence-electron chi connectivity index (χ1n) is 4.03. The molecule has 3 heteroatoms. The van der Waals surface area contributed by atoms with Gasteiger partial charge in [0, 0.05) is 0 Å². The van der Waals surface area contributed by atoms with Crippen LogP contribution >= 0.6 is 0 Å². The first kappa shape index (κ1) is 19.4. The Kier molecular flexibility index (Phi) is 14.0. The van der Waals surface area contributed by atoms with E-state index in [9.17, 15) is 0 Å². The molecule has 0 spiro atoms. The molecule has 73 valence electrons. The van der Waals surface area contributed by atoms with Crippen LogP contribution in [-0.2, 0) is 39.0 Å². The Balaban J connectivity index is -0.000000333. The summed E-state index contributed by atoms with van der Waals surface area (Å²) in [5.74, 6) is 0. The van der Waals surface area contributed by atoms with Gasteiger partial charge in [0.05, 0.1) is 0 Å². The maximum Gasteiger partial charge on any atom is 3.00 e. The van der Waals surface area contributed by atoms with Gasteiger partial charge in [-0.2, -0.15) is 17.2 Å². The fourth-order valence-corrected chi connectivity index (χ4v) is 1.43. The van der Waals surface area contributed by atoms with Gasteiger partial charge in [-0.1, -0.05) is 33.6 Å². The average molecular weight is 297 g/mol. The van der Waals surface area contributed by atoms with Gasteiger partial charge in [0.1, 0.15) is 0 Å². The standard InChI is InChI=1S/C10H15.2ClH.Zr/c1-4-9-6-8(3)7-10(9)5-2;;;/h6-7H,4-5H2,1-3H3;2*1H;/q-1;;;+3/p-2. The Hall–Kier alpha value is 0.813. The Morgan fingerprint density at radius 3 is 2.08 bits per heavy atom. The zero-order valence-electron chi connectivity index (χ0n) is 8.32. The third-order valence-corrected chi connectivity index (χ3v) is 1.98. The molecule has 0 saturated carbocycles. The van der Waals surface area contributed by atoms with E-state index >= 15 is 0 Å². The van der Waals surface area contributed by atoms with Crippen LogP contribution in [0.3, 0.4) is 0 Å². The van der Waals surface area contributed by atoms with Gasteiger partial charge in [0.15, 0.2) is 0 Å². The van der Waals surface area contributed by atoms with Crippen LogP contribution in [0.2, 0.25) is 0 Å². The van der Waals surface area contributed by atoms with Gasteiger partial charge >= 0.3 is 26.2 Å². The molecule has 0 aliphatic heterocycles. The molecular formula is C10H15Cl2Zr. The van der Waals surface area contributed by atoms with Crippen molar-refractivity contribution in [2.24, 2.45) is 0 Å². The van der Waals surface area contributed by atoms with Crippen molar-refractivity contribution in [1.82, 2.24) is 0 Å². The third-order valence-electron chi connectivity index (χ3n) is 1.98. The molecule has 1 rings (SSSR count). The fourth-order valence-electron chi connectivity index (χ4n) is 1.43. The molecule has 0 heterocycles. The zero-order chi connectivity index (χ0) is 7.56. The monoisotopic (exact) mass is 295 g/mol.